The van der Waals surface area contributed by atoms with Crippen LogP contribution in [0.5, 0.6) is 0 Å². The van der Waals surface area contributed by atoms with Crippen molar-refractivity contribution in [2.75, 3.05) is 24.6 Å². The largest absolute Gasteiger partial charge is 0.478 e. The van der Waals surface area contributed by atoms with Crippen molar-refractivity contribution in [2.45, 2.75) is 31.8 Å². The van der Waals surface area contributed by atoms with E-state index < -0.39 is 11.8 Å². The number of nitrogens with two attached hydrogens (primary N) is 1. The van der Waals surface area contributed by atoms with E-state index in [4.69, 9.17) is 10.8 Å². The summed E-state index contributed by atoms with van der Waals surface area (Å²) in [5.41, 5.74) is 5.51. The summed E-state index contributed by atoms with van der Waals surface area (Å²) in [7, 11) is 2.05. The predicted molar refractivity (Wildman–Crippen MR) is 76.5 cm³/mol. The van der Waals surface area contributed by atoms with Gasteiger partial charge in [-0.05, 0) is 38.9 Å². The maximum Gasteiger partial charge on any atom is 0.337 e. The molecule has 0 heterocycles. The number of aromatic carboxylic acids is 1. The highest BCUT2D eigenvalue weighted by atomic mass is 19.1. The van der Waals surface area contributed by atoms with Gasteiger partial charge in [-0.15, -0.1) is 0 Å². The van der Waals surface area contributed by atoms with Crippen molar-refractivity contribution >= 4 is 17.3 Å². The van der Waals surface area contributed by atoms with Crippen molar-refractivity contribution in [1.29, 1.82) is 0 Å². The quantitative estimate of drug-likeness (QED) is 0.695. The highest BCUT2D eigenvalue weighted by Gasteiger charge is 2.29. The minimum absolute atomic E-state index is 0.0660. The molecule has 0 aromatic heterocycles. The van der Waals surface area contributed by atoms with E-state index in [9.17, 15) is 9.18 Å². The first-order chi connectivity index (χ1) is 9.40. The number of carboxylic acids is 1. The van der Waals surface area contributed by atoms with Gasteiger partial charge in [0.05, 0.1) is 11.3 Å². The summed E-state index contributed by atoms with van der Waals surface area (Å²) in [5.74, 6) is -1.69. The molecule has 5 nitrogen and oxygen atoms in total. The number of carboxylic acid groups (broad SMARTS) is 1. The summed E-state index contributed by atoms with van der Waals surface area (Å²) >= 11 is 0. The Labute approximate surface area is 117 Å². The molecule has 1 fully saturated rings. The second-order valence-corrected chi connectivity index (χ2v) is 5.35. The highest BCUT2D eigenvalue weighted by Crippen LogP contribution is 2.27. The molecule has 1 aliphatic carbocycles. The SMILES string of the molecule is CC(CNc1cc(C(=O)O)c(N)cc1F)N(C)C1CC1. The van der Waals surface area contributed by atoms with Crippen LogP contribution in [0.15, 0.2) is 12.1 Å². The lowest BCUT2D eigenvalue weighted by atomic mass is 10.1. The van der Waals surface area contributed by atoms with Gasteiger partial charge in [0, 0.05) is 24.3 Å². The number of rotatable bonds is 6. The molecule has 0 saturated heterocycles. The Kier molecular flexibility index (Phi) is 4.13. The van der Waals surface area contributed by atoms with E-state index >= 15 is 0 Å². The maximum atomic E-state index is 13.8. The second kappa shape index (κ2) is 5.66. The zero-order chi connectivity index (χ0) is 14.9. The molecule has 110 valence electrons. The predicted octanol–water partition coefficient (Wildman–Crippen LogP) is 2.00. The second-order valence-electron chi connectivity index (χ2n) is 5.35. The lowest BCUT2D eigenvalue weighted by Gasteiger charge is -2.25. The summed E-state index contributed by atoms with van der Waals surface area (Å²) < 4.78 is 13.8. The molecule has 1 unspecified atom stereocenters. The van der Waals surface area contributed by atoms with Gasteiger partial charge in [0.2, 0.25) is 0 Å². The van der Waals surface area contributed by atoms with Crippen LogP contribution in [0.2, 0.25) is 0 Å². The van der Waals surface area contributed by atoms with Crippen LogP contribution in [0, 0.1) is 5.82 Å². The lowest BCUT2D eigenvalue weighted by Crippen LogP contribution is -2.36. The van der Waals surface area contributed by atoms with Crippen LogP contribution in [-0.2, 0) is 0 Å². The van der Waals surface area contributed by atoms with Gasteiger partial charge < -0.3 is 16.2 Å². The molecule has 1 atom stereocenters. The smallest absolute Gasteiger partial charge is 0.337 e. The monoisotopic (exact) mass is 281 g/mol. The first-order valence-electron chi connectivity index (χ1n) is 6.68. The topological polar surface area (TPSA) is 78.6 Å². The Morgan fingerprint density at radius 2 is 2.25 bits per heavy atom. The number of likely N-dealkylation sites (N-methyl/N-ethyl adjacent to an activating group) is 1. The molecule has 0 spiro atoms. The van der Waals surface area contributed by atoms with Crippen molar-refractivity contribution in [3.63, 3.8) is 0 Å². The highest BCUT2D eigenvalue weighted by molar-refractivity contribution is 5.94. The Hall–Kier alpha value is -1.82. The summed E-state index contributed by atoms with van der Waals surface area (Å²) in [6.07, 6.45) is 2.42. The molecule has 2 rings (SSSR count). The lowest BCUT2D eigenvalue weighted by molar-refractivity contribution is 0.0698. The van der Waals surface area contributed by atoms with Crippen LogP contribution in [-0.4, -0.2) is 41.7 Å². The Morgan fingerprint density at radius 3 is 2.80 bits per heavy atom. The van der Waals surface area contributed by atoms with Crippen LogP contribution >= 0.6 is 0 Å². The maximum absolute atomic E-state index is 13.8. The fraction of sp³-hybridized carbons (Fsp3) is 0.500. The van der Waals surface area contributed by atoms with Crippen molar-refractivity contribution in [1.82, 2.24) is 4.90 Å². The number of hydrogen-bond acceptors (Lipinski definition) is 4. The Bertz CT molecular complexity index is 517. The third-order valence-electron chi connectivity index (χ3n) is 3.78. The normalized spacial score (nSPS) is 16.2. The fourth-order valence-corrected chi connectivity index (χ4v) is 2.15. The molecular formula is C14H20FN3O2. The molecule has 0 amide bonds. The van der Waals surface area contributed by atoms with Gasteiger partial charge in [-0.25, -0.2) is 9.18 Å². The van der Waals surface area contributed by atoms with Gasteiger partial charge in [0.1, 0.15) is 5.82 Å². The van der Waals surface area contributed by atoms with Gasteiger partial charge in [-0.1, -0.05) is 0 Å². The van der Waals surface area contributed by atoms with Gasteiger partial charge in [-0.3, -0.25) is 4.90 Å². The van der Waals surface area contributed by atoms with E-state index in [0.29, 0.717) is 12.6 Å². The zero-order valence-corrected chi connectivity index (χ0v) is 11.7. The van der Waals surface area contributed by atoms with E-state index in [-0.39, 0.29) is 23.0 Å². The molecule has 0 aliphatic heterocycles. The van der Waals surface area contributed by atoms with Crippen LogP contribution in [0.1, 0.15) is 30.1 Å². The van der Waals surface area contributed by atoms with E-state index in [0.717, 1.165) is 6.07 Å². The van der Waals surface area contributed by atoms with E-state index in [1.165, 1.54) is 18.9 Å². The van der Waals surface area contributed by atoms with Crippen LogP contribution < -0.4 is 11.1 Å². The number of nitrogens with zero attached hydrogens (tertiary/aromatic N) is 1. The first-order valence-corrected chi connectivity index (χ1v) is 6.68. The van der Waals surface area contributed by atoms with Gasteiger partial charge in [0.15, 0.2) is 0 Å². The summed E-state index contributed by atoms with van der Waals surface area (Å²) in [6, 6.07) is 3.16. The summed E-state index contributed by atoms with van der Waals surface area (Å²) in [4.78, 5) is 13.2. The number of nitrogens with one attached hydrogen (secondary N) is 1. The first kappa shape index (κ1) is 14.6. The van der Waals surface area contributed by atoms with Gasteiger partial charge >= 0.3 is 5.97 Å². The van der Waals surface area contributed by atoms with Crippen LogP contribution in [0.4, 0.5) is 15.8 Å². The molecule has 1 aromatic carbocycles. The average molecular weight is 281 g/mol. The van der Waals surface area contributed by atoms with E-state index in [1.807, 2.05) is 7.05 Å². The van der Waals surface area contributed by atoms with Gasteiger partial charge in [-0.2, -0.15) is 0 Å². The molecule has 1 aliphatic rings. The molecule has 20 heavy (non-hydrogen) atoms. The molecule has 0 radical (unpaired) electrons. The summed E-state index contributed by atoms with van der Waals surface area (Å²) in [6.45, 7) is 2.60. The van der Waals surface area contributed by atoms with Crippen molar-refractivity contribution in [3.8, 4) is 0 Å². The van der Waals surface area contributed by atoms with Crippen LogP contribution in [0.3, 0.4) is 0 Å². The number of nitrogen functional groups attached to an aromatic ring is 1. The number of hydrogen-bond donors (Lipinski definition) is 3. The zero-order valence-electron chi connectivity index (χ0n) is 11.7. The Morgan fingerprint density at radius 1 is 1.60 bits per heavy atom. The standard InChI is InChI=1S/C14H20FN3O2/c1-8(18(2)9-3-4-9)7-17-13-5-10(14(19)20)12(16)6-11(13)15/h5-6,8-9,17H,3-4,7,16H2,1-2H3,(H,19,20). The third-order valence-corrected chi connectivity index (χ3v) is 3.78. The van der Waals surface area contributed by atoms with Crippen LogP contribution in [0.25, 0.3) is 0 Å². The molecule has 4 N–H and O–H groups in total. The fourth-order valence-electron chi connectivity index (χ4n) is 2.15. The molecule has 1 saturated carbocycles. The third kappa shape index (κ3) is 3.19. The minimum Gasteiger partial charge on any atom is -0.478 e. The average Bonchev–Trinajstić information content (AvgIpc) is 3.20. The van der Waals surface area contributed by atoms with Crippen molar-refractivity contribution < 1.29 is 14.3 Å². The number of carbonyl (C=O) groups is 1. The van der Waals surface area contributed by atoms with Crippen molar-refractivity contribution in [2.24, 2.45) is 0 Å². The minimum atomic E-state index is -1.16. The Balaban J connectivity index is 2.04. The van der Waals surface area contributed by atoms with E-state index in [2.05, 4.69) is 17.1 Å². The number of benzene rings is 1. The molecule has 6 heteroatoms. The molecule has 0 bridgehead atoms. The molecular weight excluding hydrogens is 261 g/mol. The summed E-state index contributed by atoms with van der Waals surface area (Å²) in [5, 5.41) is 12.0. The van der Waals surface area contributed by atoms with Gasteiger partial charge in [0.25, 0.3) is 0 Å². The number of halogens is 1. The molecule has 1 aromatic rings. The number of anilines is 2. The van der Waals surface area contributed by atoms with E-state index in [1.54, 1.807) is 0 Å². The van der Waals surface area contributed by atoms with Crippen molar-refractivity contribution in [3.05, 3.63) is 23.5 Å².